The maximum atomic E-state index is 15.1. The molecular formula is C21H22FN5O6S. The van der Waals surface area contributed by atoms with E-state index in [2.05, 4.69) is 8.75 Å². The minimum atomic E-state index is -0.570. The second-order valence-corrected chi connectivity index (χ2v) is 8.89. The Morgan fingerprint density at radius 3 is 2.79 bits per heavy atom. The highest BCUT2D eigenvalue weighted by Gasteiger charge is 2.46. The molecule has 3 aliphatic rings. The van der Waals surface area contributed by atoms with E-state index in [0.29, 0.717) is 30.3 Å². The van der Waals surface area contributed by atoms with Gasteiger partial charge in [-0.2, -0.15) is 4.37 Å². The van der Waals surface area contributed by atoms with Crippen LogP contribution in [0.3, 0.4) is 0 Å². The summed E-state index contributed by atoms with van der Waals surface area (Å²) in [6.07, 6.45) is 1.12. The molecule has 2 bridgehead atoms. The maximum absolute atomic E-state index is 15.1. The molecule has 3 unspecified atom stereocenters. The molecule has 180 valence electrons. The number of fused-ring (bicyclic) bond motifs is 2. The summed E-state index contributed by atoms with van der Waals surface area (Å²) >= 11 is 1.02. The first-order valence-corrected chi connectivity index (χ1v) is 11.5. The molecule has 0 spiro atoms. The number of benzene rings is 1. The quantitative estimate of drug-likeness (QED) is 0.531. The van der Waals surface area contributed by atoms with Gasteiger partial charge in [0, 0.05) is 26.1 Å². The molecule has 0 aliphatic carbocycles. The van der Waals surface area contributed by atoms with E-state index >= 15 is 4.39 Å². The molecule has 4 heterocycles. The van der Waals surface area contributed by atoms with Crippen molar-refractivity contribution >= 4 is 41.1 Å². The lowest BCUT2D eigenvalue weighted by Crippen LogP contribution is -2.50. The number of carbonyl (C=O) groups excluding carboxylic acids is 3. The third-order valence-electron chi connectivity index (χ3n) is 6.14. The van der Waals surface area contributed by atoms with Gasteiger partial charge in [0.05, 0.1) is 35.7 Å². The molecule has 3 aliphatic heterocycles. The minimum Gasteiger partial charge on any atom is -0.472 e. The third-order valence-corrected chi connectivity index (χ3v) is 6.61. The Morgan fingerprint density at radius 1 is 1.26 bits per heavy atom. The normalized spacial score (nSPS) is 23.4. The fourth-order valence-electron chi connectivity index (χ4n) is 4.63. The van der Waals surface area contributed by atoms with Crippen LogP contribution in [0.4, 0.5) is 20.6 Å². The zero-order chi connectivity index (χ0) is 23.8. The van der Waals surface area contributed by atoms with Crippen molar-refractivity contribution in [2.75, 3.05) is 42.6 Å². The number of likely N-dealkylation sites (tertiary alicyclic amines) is 1. The lowest BCUT2D eigenvalue weighted by atomic mass is 10.2. The van der Waals surface area contributed by atoms with Crippen LogP contribution in [0, 0.1) is 5.82 Å². The summed E-state index contributed by atoms with van der Waals surface area (Å²) in [5.41, 5.74) is 0.818. The van der Waals surface area contributed by atoms with Crippen LogP contribution in [0.15, 0.2) is 24.4 Å². The standard InChI is InChI=1S/C21H22FN5O6S/c1-12(28)31-11-20(29)26-8-14-4-15(26)7-25(14)18-3-2-13(5-17(18)22)27-9-16(33-21(27)30)10-32-19-6-23-34-24-19/h2-3,5-6,14-16H,4,7-11H2,1H3. The van der Waals surface area contributed by atoms with Crippen LogP contribution >= 0.6 is 11.7 Å². The minimum absolute atomic E-state index is 0.0230. The Kier molecular flexibility index (Phi) is 5.94. The number of piperazine rings is 1. The van der Waals surface area contributed by atoms with Gasteiger partial charge in [-0.1, -0.05) is 0 Å². The first-order valence-electron chi connectivity index (χ1n) is 10.8. The number of aromatic nitrogens is 2. The summed E-state index contributed by atoms with van der Waals surface area (Å²) < 4.78 is 38.5. The van der Waals surface area contributed by atoms with Gasteiger partial charge in [-0.05, 0) is 24.6 Å². The first-order chi connectivity index (χ1) is 16.4. The molecule has 0 radical (unpaired) electrons. The summed E-state index contributed by atoms with van der Waals surface area (Å²) in [5, 5.41) is 0. The van der Waals surface area contributed by atoms with E-state index in [1.807, 2.05) is 4.90 Å². The number of halogens is 1. The molecule has 5 rings (SSSR count). The summed E-state index contributed by atoms with van der Waals surface area (Å²) in [4.78, 5) is 40.6. The SMILES string of the molecule is CC(=O)OCC(=O)N1CC2CC1CN2c1ccc(N2CC(COc3cnsn3)OC2=O)cc1F. The lowest BCUT2D eigenvalue weighted by Gasteiger charge is -2.35. The van der Waals surface area contributed by atoms with E-state index in [4.69, 9.17) is 14.2 Å². The van der Waals surface area contributed by atoms with Crippen LogP contribution in [-0.4, -0.2) is 82.7 Å². The molecule has 0 N–H and O–H groups in total. The molecule has 2 amide bonds. The molecule has 2 aromatic rings. The van der Waals surface area contributed by atoms with Gasteiger partial charge in [0.25, 0.3) is 5.91 Å². The van der Waals surface area contributed by atoms with Gasteiger partial charge in [-0.15, -0.1) is 4.37 Å². The number of esters is 1. The molecule has 34 heavy (non-hydrogen) atoms. The van der Waals surface area contributed by atoms with Crippen LogP contribution in [0.1, 0.15) is 13.3 Å². The molecule has 3 fully saturated rings. The second-order valence-electron chi connectivity index (χ2n) is 8.33. The molecule has 3 saturated heterocycles. The lowest BCUT2D eigenvalue weighted by molar-refractivity contribution is -0.150. The van der Waals surface area contributed by atoms with Gasteiger partial charge in [-0.3, -0.25) is 14.5 Å². The van der Waals surface area contributed by atoms with E-state index in [9.17, 15) is 14.4 Å². The highest BCUT2D eigenvalue weighted by Crippen LogP contribution is 2.37. The number of carbonyl (C=O) groups is 3. The van der Waals surface area contributed by atoms with Crippen molar-refractivity contribution in [2.45, 2.75) is 31.5 Å². The maximum Gasteiger partial charge on any atom is 0.414 e. The van der Waals surface area contributed by atoms with Crippen molar-refractivity contribution in [1.29, 1.82) is 0 Å². The van der Waals surface area contributed by atoms with Crippen molar-refractivity contribution in [2.24, 2.45) is 0 Å². The van der Waals surface area contributed by atoms with Gasteiger partial charge in [0.15, 0.2) is 12.7 Å². The van der Waals surface area contributed by atoms with Crippen LogP contribution in [0.5, 0.6) is 5.88 Å². The Hall–Kier alpha value is -3.48. The number of hydrogen-bond donors (Lipinski definition) is 0. The first kappa shape index (κ1) is 22.3. The predicted octanol–water partition coefficient (Wildman–Crippen LogP) is 1.43. The fourth-order valence-corrected chi connectivity index (χ4v) is 4.99. The Balaban J connectivity index is 1.20. The fraction of sp³-hybridized carbons (Fsp3) is 0.476. The van der Waals surface area contributed by atoms with Crippen LogP contribution < -0.4 is 14.5 Å². The number of anilines is 2. The number of rotatable bonds is 7. The smallest absolute Gasteiger partial charge is 0.414 e. The van der Waals surface area contributed by atoms with Gasteiger partial charge in [-0.25, -0.2) is 9.18 Å². The van der Waals surface area contributed by atoms with Crippen molar-refractivity contribution < 1.29 is 33.0 Å². The number of nitrogens with zero attached hydrogens (tertiary/aromatic N) is 5. The molecule has 3 atom stereocenters. The van der Waals surface area contributed by atoms with Crippen LogP contribution in [0.25, 0.3) is 0 Å². The topological polar surface area (TPSA) is 114 Å². The van der Waals surface area contributed by atoms with Crippen LogP contribution in [-0.2, 0) is 19.1 Å². The monoisotopic (exact) mass is 491 g/mol. The molecular weight excluding hydrogens is 469 g/mol. The zero-order valence-corrected chi connectivity index (χ0v) is 19.1. The van der Waals surface area contributed by atoms with Crippen molar-refractivity contribution in [3.63, 3.8) is 0 Å². The van der Waals surface area contributed by atoms with Gasteiger partial charge >= 0.3 is 12.1 Å². The van der Waals surface area contributed by atoms with E-state index in [0.717, 1.165) is 18.1 Å². The number of hydrogen-bond acceptors (Lipinski definition) is 10. The molecule has 11 nitrogen and oxygen atoms in total. The molecule has 1 aromatic carbocycles. The van der Waals surface area contributed by atoms with Crippen molar-refractivity contribution in [1.82, 2.24) is 13.6 Å². The molecule has 0 saturated carbocycles. The number of cyclic esters (lactones) is 1. The van der Waals surface area contributed by atoms with Crippen LogP contribution in [0.2, 0.25) is 0 Å². The molecule has 13 heteroatoms. The Morgan fingerprint density at radius 2 is 2.12 bits per heavy atom. The van der Waals surface area contributed by atoms with Gasteiger partial charge < -0.3 is 24.0 Å². The average molecular weight is 492 g/mol. The third kappa shape index (κ3) is 4.34. The summed E-state index contributed by atoms with van der Waals surface area (Å²) in [5.74, 6) is -0.834. The summed E-state index contributed by atoms with van der Waals surface area (Å²) in [7, 11) is 0. The molecule has 1 aromatic heterocycles. The number of ether oxygens (including phenoxy) is 3. The van der Waals surface area contributed by atoms with Crippen molar-refractivity contribution in [3.8, 4) is 5.88 Å². The van der Waals surface area contributed by atoms with E-state index < -0.39 is 24.0 Å². The van der Waals surface area contributed by atoms with E-state index in [1.54, 1.807) is 17.0 Å². The number of amides is 2. The van der Waals surface area contributed by atoms with Gasteiger partial charge in [0.1, 0.15) is 18.6 Å². The summed E-state index contributed by atoms with van der Waals surface area (Å²) in [6, 6.07) is 4.57. The van der Waals surface area contributed by atoms with Gasteiger partial charge in [0.2, 0.25) is 5.88 Å². The Bertz CT molecular complexity index is 1100. The van der Waals surface area contributed by atoms with E-state index in [-0.39, 0.29) is 37.7 Å². The highest BCUT2D eigenvalue weighted by atomic mass is 32.1. The second kappa shape index (κ2) is 9.05. The average Bonchev–Trinajstić information content (AvgIpc) is 3.60. The van der Waals surface area contributed by atoms with Crippen molar-refractivity contribution in [3.05, 3.63) is 30.2 Å². The highest BCUT2D eigenvalue weighted by molar-refractivity contribution is 6.99. The largest absolute Gasteiger partial charge is 0.472 e. The van der Waals surface area contributed by atoms with E-state index in [1.165, 1.54) is 24.1 Å². The zero-order valence-electron chi connectivity index (χ0n) is 18.3. The summed E-state index contributed by atoms with van der Waals surface area (Å²) in [6.45, 7) is 2.26. The Labute approximate surface area is 198 Å². The predicted molar refractivity (Wildman–Crippen MR) is 117 cm³/mol.